The van der Waals surface area contributed by atoms with Crippen LogP contribution in [0.2, 0.25) is 0 Å². The number of para-hydroxylation sites is 1. The predicted molar refractivity (Wildman–Crippen MR) is 104 cm³/mol. The quantitative estimate of drug-likeness (QED) is 0.513. The molecule has 0 aliphatic rings. The maximum Gasteiger partial charge on any atom is 0.274 e. The smallest absolute Gasteiger partial charge is 0.274 e. The molecule has 1 amide bonds. The number of hydrogen-bond acceptors (Lipinski definition) is 3. The molecule has 2 aromatic heterocycles. The molecule has 4 aromatic rings. The standard InChI is InChI=1S/C22H15F2N3O/c23-21(24)16-6-1-5-15(12-16)18-8-2-4-14-9-10-19(27-20(14)18)22(28)26-17-7-3-11-25-13-17/h1-13,21H,(H,26,28). The molecule has 0 fully saturated rings. The Bertz CT molecular complexity index is 1150. The van der Waals surface area contributed by atoms with Crippen molar-refractivity contribution in [1.29, 1.82) is 0 Å². The number of anilines is 1. The molecule has 0 aliphatic carbocycles. The van der Waals surface area contributed by atoms with Crippen molar-refractivity contribution in [1.82, 2.24) is 9.97 Å². The van der Waals surface area contributed by atoms with Gasteiger partial charge in [0.05, 0.1) is 17.4 Å². The SMILES string of the molecule is O=C(Nc1cccnc1)c1ccc2cccc(-c3cccc(C(F)F)c3)c2n1. The van der Waals surface area contributed by atoms with Gasteiger partial charge in [0.15, 0.2) is 0 Å². The van der Waals surface area contributed by atoms with E-state index in [-0.39, 0.29) is 17.2 Å². The van der Waals surface area contributed by atoms with Gasteiger partial charge in [-0.3, -0.25) is 9.78 Å². The maximum absolute atomic E-state index is 13.1. The molecule has 0 spiro atoms. The number of halogens is 2. The Kier molecular flexibility index (Phi) is 4.76. The van der Waals surface area contributed by atoms with Crippen LogP contribution < -0.4 is 5.32 Å². The van der Waals surface area contributed by atoms with Gasteiger partial charge in [-0.2, -0.15) is 0 Å². The number of nitrogens with zero attached hydrogens (tertiary/aromatic N) is 2. The van der Waals surface area contributed by atoms with Gasteiger partial charge in [-0.1, -0.05) is 42.5 Å². The lowest BCUT2D eigenvalue weighted by Gasteiger charge is -2.10. The number of aromatic nitrogens is 2. The minimum Gasteiger partial charge on any atom is -0.319 e. The fourth-order valence-electron chi connectivity index (χ4n) is 2.98. The van der Waals surface area contributed by atoms with E-state index in [1.807, 2.05) is 18.2 Å². The van der Waals surface area contributed by atoms with E-state index in [2.05, 4.69) is 15.3 Å². The number of carbonyl (C=O) groups excluding carboxylic acids is 1. The molecule has 2 aromatic carbocycles. The summed E-state index contributed by atoms with van der Waals surface area (Å²) in [5.41, 5.74) is 2.63. The van der Waals surface area contributed by atoms with Gasteiger partial charge in [0.25, 0.3) is 12.3 Å². The Morgan fingerprint density at radius 1 is 0.964 bits per heavy atom. The Labute approximate surface area is 159 Å². The minimum atomic E-state index is -2.55. The summed E-state index contributed by atoms with van der Waals surface area (Å²) < 4.78 is 26.2. The zero-order valence-corrected chi connectivity index (χ0v) is 14.6. The molecule has 0 atom stereocenters. The van der Waals surface area contributed by atoms with Crippen LogP contribution in [0.5, 0.6) is 0 Å². The molecule has 4 rings (SSSR count). The highest BCUT2D eigenvalue weighted by molar-refractivity contribution is 6.05. The van der Waals surface area contributed by atoms with Gasteiger partial charge >= 0.3 is 0 Å². The van der Waals surface area contributed by atoms with E-state index in [0.29, 0.717) is 22.3 Å². The fourth-order valence-corrected chi connectivity index (χ4v) is 2.98. The van der Waals surface area contributed by atoms with Gasteiger partial charge in [-0.05, 0) is 29.8 Å². The number of alkyl halides is 2. The molecule has 1 N–H and O–H groups in total. The third-order valence-electron chi connectivity index (χ3n) is 4.32. The third kappa shape index (κ3) is 3.57. The number of hydrogen-bond donors (Lipinski definition) is 1. The van der Waals surface area contributed by atoms with Crippen molar-refractivity contribution in [2.24, 2.45) is 0 Å². The van der Waals surface area contributed by atoms with E-state index >= 15 is 0 Å². The zero-order chi connectivity index (χ0) is 19.5. The van der Waals surface area contributed by atoms with Crippen molar-refractivity contribution in [2.45, 2.75) is 6.43 Å². The summed E-state index contributed by atoms with van der Waals surface area (Å²) in [6.07, 6.45) is 0.605. The summed E-state index contributed by atoms with van der Waals surface area (Å²) in [7, 11) is 0. The molecular formula is C22H15F2N3O. The first-order valence-corrected chi connectivity index (χ1v) is 8.61. The summed E-state index contributed by atoms with van der Waals surface area (Å²) in [5, 5.41) is 3.56. The van der Waals surface area contributed by atoms with E-state index < -0.39 is 6.43 Å². The van der Waals surface area contributed by atoms with Gasteiger partial charge in [0.2, 0.25) is 0 Å². The van der Waals surface area contributed by atoms with Crippen molar-refractivity contribution >= 4 is 22.5 Å². The first-order chi connectivity index (χ1) is 13.6. The first-order valence-electron chi connectivity index (χ1n) is 8.61. The number of pyridine rings is 2. The highest BCUT2D eigenvalue weighted by Crippen LogP contribution is 2.30. The average Bonchev–Trinajstić information content (AvgIpc) is 2.73. The Hall–Kier alpha value is -3.67. The van der Waals surface area contributed by atoms with Crippen molar-refractivity contribution in [3.05, 3.63) is 90.4 Å². The lowest BCUT2D eigenvalue weighted by Crippen LogP contribution is -2.13. The molecule has 0 unspecified atom stereocenters. The van der Waals surface area contributed by atoms with Gasteiger partial charge in [-0.25, -0.2) is 13.8 Å². The van der Waals surface area contributed by atoms with Crippen LogP contribution in [0, 0.1) is 0 Å². The molecule has 0 aliphatic heterocycles. The predicted octanol–water partition coefficient (Wildman–Crippen LogP) is 5.49. The number of rotatable bonds is 4. The molecule has 0 radical (unpaired) electrons. The van der Waals surface area contributed by atoms with Crippen LogP contribution in [-0.4, -0.2) is 15.9 Å². The van der Waals surface area contributed by atoms with E-state index in [9.17, 15) is 13.6 Å². The molecule has 6 heteroatoms. The lowest BCUT2D eigenvalue weighted by molar-refractivity contribution is 0.102. The number of carbonyl (C=O) groups is 1. The van der Waals surface area contributed by atoms with Crippen LogP contribution in [0.25, 0.3) is 22.0 Å². The van der Waals surface area contributed by atoms with E-state index in [1.165, 1.54) is 12.1 Å². The second kappa shape index (κ2) is 7.52. The minimum absolute atomic E-state index is 0.0556. The fraction of sp³-hybridized carbons (Fsp3) is 0.0455. The molecule has 138 valence electrons. The van der Waals surface area contributed by atoms with Crippen LogP contribution in [0.1, 0.15) is 22.5 Å². The van der Waals surface area contributed by atoms with Gasteiger partial charge < -0.3 is 5.32 Å². The zero-order valence-electron chi connectivity index (χ0n) is 14.6. The van der Waals surface area contributed by atoms with Crippen LogP contribution in [0.3, 0.4) is 0 Å². The Balaban J connectivity index is 1.76. The van der Waals surface area contributed by atoms with Gasteiger partial charge in [0, 0.05) is 22.7 Å². The Morgan fingerprint density at radius 2 is 1.82 bits per heavy atom. The second-order valence-corrected chi connectivity index (χ2v) is 6.20. The highest BCUT2D eigenvalue weighted by Gasteiger charge is 2.13. The van der Waals surface area contributed by atoms with Crippen molar-refractivity contribution in [3.63, 3.8) is 0 Å². The topological polar surface area (TPSA) is 54.9 Å². The summed E-state index contributed by atoms with van der Waals surface area (Å²) in [6.45, 7) is 0. The number of benzene rings is 2. The highest BCUT2D eigenvalue weighted by atomic mass is 19.3. The summed E-state index contributed by atoms with van der Waals surface area (Å²) in [5.74, 6) is -0.369. The van der Waals surface area contributed by atoms with Crippen molar-refractivity contribution in [2.75, 3.05) is 5.32 Å². The number of nitrogens with one attached hydrogen (secondary N) is 1. The third-order valence-corrected chi connectivity index (χ3v) is 4.32. The van der Waals surface area contributed by atoms with Gasteiger partial charge in [-0.15, -0.1) is 0 Å². The number of fused-ring (bicyclic) bond motifs is 1. The monoisotopic (exact) mass is 375 g/mol. The molecular weight excluding hydrogens is 360 g/mol. The number of amides is 1. The molecule has 4 nitrogen and oxygen atoms in total. The molecule has 28 heavy (non-hydrogen) atoms. The Morgan fingerprint density at radius 3 is 2.61 bits per heavy atom. The second-order valence-electron chi connectivity index (χ2n) is 6.20. The largest absolute Gasteiger partial charge is 0.319 e. The first kappa shape index (κ1) is 17.7. The van der Waals surface area contributed by atoms with E-state index in [1.54, 1.807) is 48.8 Å². The summed E-state index contributed by atoms with van der Waals surface area (Å²) >= 11 is 0. The van der Waals surface area contributed by atoms with E-state index in [4.69, 9.17) is 0 Å². The van der Waals surface area contributed by atoms with Crippen molar-refractivity contribution in [3.8, 4) is 11.1 Å². The van der Waals surface area contributed by atoms with Crippen molar-refractivity contribution < 1.29 is 13.6 Å². The molecule has 2 heterocycles. The molecule has 0 bridgehead atoms. The maximum atomic E-state index is 13.1. The normalized spacial score (nSPS) is 11.0. The van der Waals surface area contributed by atoms with Gasteiger partial charge in [0.1, 0.15) is 5.69 Å². The molecule has 0 saturated carbocycles. The van der Waals surface area contributed by atoms with E-state index in [0.717, 1.165) is 5.39 Å². The van der Waals surface area contributed by atoms with Crippen LogP contribution in [0.15, 0.2) is 79.1 Å². The molecule has 0 saturated heterocycles. The summed E-state index contributed by atoms with van der Waals surface area (Å²) in [6, 6.07) is 18.6. The summed E-state index contributed by atoms with van der Waals surface area (Å²) in [4.78, 5) is 21.0. The van der Waals surface area contributed by atoms with Crippen LogP contribution in [-0.2, 0) is 0 Å². The lowest BCUT2D eigenvalue weighted by atomic mass is 10.00. The van der Waals surface area contributed by atoms with Crippen LogP contribution in [0.4, 0.5) is 14.5 Å². The van der Waals surface area contributed by atoms with Crippen LogP contribution >= 0.6 is 0 Å². The average molecular weight is 375 g/mol.